The molecular formula is C20H18N2O5. The highest BCUT2D eigenvalue weighted by Gasteiger charge is 2.18. The van der Waals surface area contributed by atoms with Gasteiger partial charge in [-0.15, -0.1) is 0 Å². The van der Waals surface area contributed by atoms with Crippen molar-refractivity contribution in [2.45, 2.75) is 19.6 Å². The lowest BCUT2D eigenvalue weighted by atomic mass is 10.2. The van der Waals surface area contributed by atoms with Crippen molar-refractivity contribution in [2.75, 3.05) is 6.79 Å². The molecule has 0 bridgehead atoms. The average Bonchev–Trinajstić information content (AvgIpc) is 3.37. The second-order valence-corrected chi connectivity index (χ2v) is 6.02. The van der Waals surface area contributed by atoms with Gasteiger partial charge in [-0.1, -0.05) is 0 Å². The minimum absolute atomic E-state index is 0.195. The fourth-order valence-corrected chi connectivity index (χ4v) is 2.68. The maximum Gasteiger partial charge on any atom is 0.261 e. The van der Waals surface area contributed by atoms with E-state index in [1.54, 1.807) is 43.6 Å². The molecule has 0 saturated carbocycles. The molecule has 0 fully saturated rings. The molecule has 1 aliphatic rings. The van der Waals surface area contributed by atoms with Crippen molar-refractivity contribution in [1.82, 2.24) is 10.3 Å². The molecule has 1 atom stereocenters. The van der Waals surface area contributed by atoms with E-state index in [9.17, 15) is 4.79 Å². The molecule has 7 heteroatoms. The van der Waals surface area contributed by atoms with Crippen LogP contribution in [0.5, 0.6) is 17.2 Å². The maximum absolute atomic E-state index is 12.3. The van der Waals surface area contributed by atoms with Crippen LogP contribution in [0.25, 0.3) is 11.5 Å². The van der Waals surface area contributed by atoms with Crippen molar-refractivity contribution in [3.8, 4) is 28.7 Å². The highest BCUT2D eigenvalue weighted by Crippen LogP contribution is 2.35. The Labute approximate surface area is 155 Å². The molecule has 0 aliphatic carbocycles. The van der Waals surface area contributed by atoms with Crippen LogP contribution in [-0.4, -0.2) is 23.8 Å². The summed E-state index contributed by atoms with van der Waals surface area (Å²) >= 11 is 0. The molecular weight excluding hydrogens is 348 g/mol. The molecule has 27 heavy (non-hydrogen) atoms. The third kappa shape index (κ3) is 3.87. The Kier molecular flexibility index (Phi) is 4.65. The van der Waals surface area contributed by atoms with E-state index < -0.39 is 6.10 Å². The number of aromatic nitrogens is 1. The van der Waals surface area contributed by atoms with Gasteiger partial charge in [0.25, 0.3) is 5.91 Å². The smallest absolute Gasteiger partial charge is 0.261 e. The SMILES string of the molecule is C[C@@H](Oc1ccc2c(c1)OCO2)C(=O)NCc1ccnc(-c2ccco2)c1. The van der Waals surface area contributed by atoms with Crippen LogP contribution in [0, 0.1) is 0 Å². The zero-order valence-electron chi connectivity index (χ0n) is 14.7. The maximum atomic E-state index is 12.3. The summed E-state index contributed by atoms with van der Waals surface area (Å²) in [6, 6.07) is 12.6. The normalized spacial score (nSPS) is 13.2. The fourth-order valence-electron chi connectivity index (χ4n) is 2.68. The van der Waals surface area contributed by atoms with Crippen LogP contribution in [0.2, 0.25) is 0 Å². The first-order valence-corrected chi connectivity index (χ1v) is 8.52. The van der Waals surface area contributed by atoms with Gasteiger partial charge in [0.1, 0.15) is 11.4 Å². The molecule has 1 aromatic carbocycles. The summed E-state index contributed by atoms with van der Waals surface area (Å²) < 4.78 is 21.6. The Bertz CT molecular complexity index is 939. The summed E-state index contributed by atoms with van der Waals surface area (Å²) in [5, 5.41) is 2.87. The molecule has 1 aliphatic heterocycles. The molecule has 3 aromatic rings. The van der Waals surface area contributed by atoms with Crippen molar-refractivity contribution in [3.05, 3.63) is 60.5 Å². The number of carbonyl (C=O) groups excluding carboxylic acids is 1. The number of nitrogens with one attached hydrogen (secondary N) is 1. The molecule has 0 saturated heterocycles. The third-order valence-electron chi connectivity index (χ3n) is 4.09. The van der Waals surface area contributed by atoms with E-state index in [1.807, 2.05) is 18.2 Å². The molecule has 0 spiro atoms. The molecule has 0 unspecified atom stereocenters. The summed E-state index contributed by atoms with van der Waals surface area (Å²) in [6.07, 6.45) is 2.63. The summed E-state index contributed by atoms with van der Waals surface area (Å²) in [6.45, 7) is 2.26. The average molecular weight is 366 g/mol. The molecule has 7 nitrogen and oxygen atoms in total. The number of hydrogen-bond donors (Lipinski definition) is 1. The lowest BCUT2D eigenvalue weighted by Crippen LogP contribution is -2.35. The van der Waals surface area contributed by atoms with Gasteiger partial charge in [-0.05, 0) is 48.9 Å². The Hall–Kier alpha value is -3.48. The summed E-state index contributed by atoms with van der Waals surface area (Å²) in [4.78, 5) is 16.6. The van der Waals surface area contributed by atoms with Crippen LogP contribution in [-0.2, 0) is 11.3 Å². The van der Waals surface area contributed by atoms with E-state index in [0.717, 1.165) is 11.3 Å². The van der Waals surface area contributed by atoms with E-state index in [4.69, 9.17) is 18.6 Å². The predicted octanol–water partition coefficient (Wildman–Crippen LogP) is 3.15. The van der Waals surface area contributed by atoms with Gasteiger partial charge < -0.3 is 23.9 Å². The minimum atomic E-state index is -0.656. The lowest BCUT2D eigenvalue weighted by Gasteiger charge is -2.15. The number of amides is 1. The van der Waals surface area contributed by atoms with E-state index in [1.165, 1.54) is 0 Å². The van der Waals surface area contributed by atoms with Crippen molar-refractivity contribution in [3.63, 3.8) is 0 Å². The molecule has 1 amide bonds. The van der Waals surface area contributed by atoms with Crippen molar-refractivity contribution in [2.24, 2.45) is 0 Å². The summed E-state index contributed by atoms with van der Waals surface area (Å²) in [5.41, 5.74) is 1.64. The number of benzene rings is 1. The van der Waals surface area contributed by atoms with Gasteiger partial charge in [0.2, 0.25) is 6.79 Å². The van der Waals surface area contributed by atoms with Gasteiger partial charge >= 0.3 is 0 Å². The zero-order valence-corrected chi connectivity index (χ0v) is 14.7. The second-order valence-electron chi connectivity index (χ2n) is 6.02. The number of fused-ring (bicyclic) bond motifs is 1. The van der Waals surface area contributed by atoms with Crippen LogP contribution < -0.4 is 19.5 Å². The molecule has 0 radical (unpaired) electrons. The van der Waals surface area contributed by atoms with Gasteiger partial charge in [0.05, 0.1) is 6.26 Å². The minimum Gasteiger partial charge on any atom is -0.481 e. The molecule has 2 aromatic heterocycles. The quantitative estimate of drug-likeness (QED) is 0.722. The van der Waals surface area contributed by atoms with E-state index in [0.29, 0.717) is 29.6 Å². The van der Waals surface area contributed by atoms with Gasteiger partial charge in [-0.2, -0.15) is 0 Å². The van der Waals surface area contributed by atoms with Crippen molar-refractivity contribution < 1.29 is 23.4 Å². The Balaban J connectivity index is 1.34. The van der Waals surface area contributed by atoms with Gasteiger partial charge in [0, 0.05) is 18.8 Å². The van der Waals surface area contributed by atoms with E-state index >= 15 is 0 Å². The summed E-state index contributed by atoms with van der Waals surface area (Å²) in [5.74, 6) is 2.30. The number of rotatable bonds is 6. The van der Waals surface area contributed by atoms with Gasteiger partial charge in [-0.25, -0.2) is 0 Å². The summed E-state index contributed by atoms with van der Waals surface area (Å²) in [7, 11) is 0. The van der Waals surface area contributed by atoms with Crippen LogP contribution in [0.3, 0.4) is 0 Å². The van der Waals surface area contributed by atoms with Crippen LogP contribution in [0.1, 0.15) is 12.5 Å². The monoisotopic (exact) mass is 366 g/mol. The van der Waals surface area contributed by atoms with Gasteiger partial charge in [0.15, 0.2) is 23.4 Å². The van der Waals surface area contributed by atoms with E-state index in [-0.39, 0.29) is 12.7 Å². The third-order valence-corrected chi connectivity index (χ3v) is 4.09. The fraction of sp³-hybridized carbons (Fsp3) is 0.200. The highest BCUT2D eigenvalue weighted by molar-refractivity contribution is 5.80. The van der Waals surface area contributed by atoms with E-state index in [2.05, 4.69) is 10.3 Å². The highest BCUT2D eigenvalue weighted by atomic mass is 16.7. The molecule has 3 heterocycles. The largest absolute Gasteiger partial charge is 0.481 e. The molecule has 138 valence electrons. The number of carbonyl (C=O) groups is 1. The van der Waals surface area contributed by atoms with Crippen molar-refractivity contribution >= 4 is 5.91 Å². The predicted molar refractivity (Wildman–Crippen MR) is 96.4 cm³/mol. The number of pyridine rings is 1. The van der Waals surface area contributed by atoms with Gasteiger partial charge in [-0.3, -0.25) is 9.78 Å². The first kappa shape index (κ1) is 17.0. The van der Waals surface area contributed by atoms with Crippen LogP contribution in [0.15, 0.2) is 59.3 Å². The molecule has 4 rings (SSSR count). The lowest BCUT2D eigenvalue weighted by molar-refractivity contribution is -0.127. The number of nitrogens with zero attached hydrogens (tertiary/aromatic N) is 1. The number of hydrogen-bond acceptors (Lipinski definition) is 6. The Morgan fingerprint density at radius 3 is 2.96 bits per heavy atom. The standard InChI is InChI=1S/C20H18N2O5/c1-13(27-15-4-5-18-19(10-15)26-12-25-18)20(23)22-11-14-6-7-21-16(9-14)17-3-2-8-24-17/h2-10,13H,11-12H2,1H3,(H,22,23)/t13-/m1/s1. The Morgan fingerprint density at radius 2 is 2.11 bits per heavy atom. The Morgan fingerprint density at radius 1 is 1.22 bits per heavy atom. The first-order chi connectivity index (χ1) is 13.2. The second kappa shape index (κ2) is 7.41. The number of ether oxygens (including phenoxy) is 3. The topological polar surface area (TPSA) is 82.8 Å². The first-order valence-electron chi connectivity index (χ1n) is 8.52. The van der Waals surface area contributed by atoms with Crippen LogP contribution in [0.4, 0.5) is 0 Å². The van der Waals surface area contributed by atoms with Crippen LogP contribution >= 0.6 is 0 Å². The zero-order chi connectivity index (χ0) is 18.6. The number of furan rings is 1. The molecule has 1 N–H and O–H groups in total. The van der Waals surface area contributed by atoms with Crippen molar-refractivity contribution in [1.29, 1.82) is 0 Å².